The van der Waals surface area contributed by atoms with Crippen LogP contribution in [-0.4, -0.2) is 55.9 Å². The third kappa shape index (κ3) is 5.89. The summed E-state index contributed by atoms with van der Waals surface area (Å²) in [5.41, 5.74) is 1.69. The van der Waals surface area contributed by atoms with Crippen LogP contribution in [0, 0.1) is 5.82 Å². The number of halogens is 1. The Balaban J connectivity index is 1.30. The average molecular weight is 383 g/mol. The van der Waals surface area contributed by atoms with Crippen molar-refractivity contribution < 1.29 is 14.0 Å². The van der Waals surface area contributed by atoms with E-state index in [1.807, 2.05) is 6.07 Å². The number of nitrogens with zero attached hydrogens (tertiary/aromatic N) is 2. The van der Waals surface area contributed by atoms with Gasteiger partial charge in [-0.05, 0) is 36.4 Å². The SMILES string of the molecule is O=C(CCC(=O)c1ccc(F)cc1)NCCN1CCN(c2ccccc2)CC1. The third-order valence-electron chi connectivity index (χ3n) is 4.99. The molecule has 6 heteroatoms. The standard InChI is InChI=1S/C22H26FN3O2/c23-19-8-6-18(7-9-19)21(27)10-11-22(28)24-12-13-25-14-16-26(17-15-25)20-4-2-1-3-5-20/h1-9H,10-17H2,(H,24,28). The molecule has 1 aliphatic heterocycles. The highest BCUT2D eigenvalue weighted by atomic mass is 19.1. The first-order valence-corrected chi connectivity index (χ1v) is 9.69. The monoisotopic (exact) mass is 383 g/mol. The molecule has 0 saturated carbocycles. The molecule has 1 heterocycles. The van der Waals surface area contributed by atoms with Gasteiger partial charge in [0.15, 0.2) is 5.78 Å². The van der Waals surface area contributed by atoms with Gasteiger partial charge < -0.3 is 10.2 Å². The van der Waals surface area contributed by atoms with Crippen LogP contribution in [0.2, 0.25) is 0 Å². The van der Waals surface area contributed by atoms with Crippen LogP contribution in [-0.2, 0) is 4.79 Å². The van der Waals surface area contributed by atoms with Gasteiger partial charge in [0, 0.05) is 63.4 Å². The van der Waals surface area contributed by atoms with Gasteiger partial charge in [0.2, 0.25) is 5.91 Å². The first-order valence-electron chi connectivity index (χ1n) is 9.69. The summed E-state index contributed by atoms with van der Waals surface area (Å²) in [6, 6.07) is 15.8. The number of ketones is 1. The van der Waals surface area contributed by atoms with Crippen LogP contribution in [0.15, 0.2) is 54.6 Å². The molecule has 1 saturated heterocycles. The van der Waals surface area contributed by atoms with Crippen LogP contribution in [0.3, 0.4) is 0 Å². The second-order valence-electron chi connectivity index (χ2n) is 6.94. The first kappa shape index (κ1) is 20.0. The van der Waals surface area contributed by atoms with E-state index < -0.39 is 0 Å². The first-order chi connectivity index (χ1) is 13.6. The number of carbonyl (C=O) groups excluding carboxylic acids is 2. The van der Waals surface area contributed by atoms with Crippen molar-refractivity contribution in [2.24, 2.45) is 0 Å². The van der Waals surface area contributed by atoms with Gasteiger partial charge in [0.25, 0.3) is 0 Å². The van der Waals surface area contributed by atoms with E-state index in [-0.39, 0.29) is 30.3 Å². The number of para-hydroxylation sites is 1. The zero-order valence-corrected chi connectivity index (χ0v) is 15.9. The molecule has 0 atom stereocenters. The minimum absolute atomic E-state index is 0.126. The topological polar surface area (TPSA) is 52.7 Å². The number of carbonyl (C=O) groups is 2. The molecular weight excluding hydrogens is 357 g/mol. The van der Waals surface area contributed by atoms with E-state index in [1.54, 1.807) is 0 Å². The highest BCUT2D eigenvalue weighted by molar-refractivity contribution is 5.97. The van der Waals surface area contributed by atoms with Crippen LogP contribution in [0.25, 0.3) is 0 Å². The zero-order valence-electron chi connectivity index (χ0n) is 15.9. The Morgan fingerprint density at radius 2 is 1.57 bits per heavy atom. The number of rotatable bonds is 8. The Hall–Kier alpha value is -2.73. The van der Waals surface area contributed by atoms with Gasteiger partial charge in [-0.1, -0.05) is 18.2 Å². The van der Waals surface area contributed by atoms with Crippen molar-refractivity contribution in [3.63, 3.8) is 0 Å². The van der Waals surface area contributed by atoms with Crippen molar-refractivity contribution in [2.75, 3.05) is 44.2 Å². The summed E-state index contributed by atoms with van der Waals surface area (Å²) in [6.45, 7) is 5.27. The van der Waals surface area contributed by atoms with Crippen LogP contribution < -0.4 is 10.2 Å². The number of Topliss-reactive ketones (excluding diaryl/α,β-unsaturated/α-hetero) is 1. The van der Waals surface area contributed by atoms with Crippen molar-refractivity contribution in [1.82, 2.24) is 10.2 Å². The van der Waals surface area contributed by atoms with E-state index >= 15 is 0 Å². The Morgan fingerprint density at radius 1 is 0.893 bits per heavy atom. The van der Waals surface area contributed by atoms with Gasteiger partial charge in [-0.3, -0.25) is 14.5 Å². The zero-order chi connectivity index (χ0) is 19.8. The van der Waals surface area contributed by atoms with Gasteiger partial charge in [0.05, 0.1) is 0 Å². The summed E-state index contributed by atoms with van der Waals surface area (Å²) in [5, 5.41) is 2.88. The predicted octanol–water partition coefficient (Wildman–Crippen LogP) is 2.73. The summed E-state index contributed by atoms with van der Waals surface area (Å²) in [6.07, 6.45) is 0.283. The maximum atomic E-state index is 12.9. The van der Waals surface area contributed by atoms with Gasteiger partial charge >= 0.3 is 0 Å². The lowest BCUT2D eigenvalue weighted by Gasteiger charge is -2.36. The lowest BCUT2D eigenvalue weighted by Crippen LogP contribution is -2.48. The van der Waals surface area contributed by atoms with Crippen LogP contribution in [0.5, 0.6) is 0 Å². The lowest BCUT2D eigenvalue weighted by molar-refractivity contribution is -0.121. The highest BCUT2D eigenvalue weighted by Crippen LogP contribution is 2.15. The molecule has 0 radical (unpaired) electrons. The molecule has 5 nitrogen and oxygen atoms in total. The number of amides is 1. The Bertz CT molecular complexity index is 772. The number of benzene rings is 2. The van der Waals surface area contributed by atoms with E-state index in [0.717, 1.165) is 32.7 Å². The van der Waals surface area contributed by atoms with Gasteiger partial charge in [-0.15, -0.1) is 0 Å². The maximum Gasteiger partial charge on any atom is 0.220 e. The van der Waals surface area contributed by atoms with Crippen molar-refractivity contribution in [3.05, 3.63) is 66.0 Å². The molecule has 1 amide bonds. The van der Waals surface area contributed by atoms with E-state index in [2.05, 4.69) is 39.4 Å². The number of hydrogen-bond donors (Lipinski definition) is 1. The molecule has 28 heavy (non-hydrogen) atoms. The lowest BCUT2D eigenvalue weighted by atomic mass is 10.1. The Morgan fingerprint density at radius 3 is 2.25 bits per heavy atom. The fourth-order valence-electron chi connectivity index (χ4n) is 3.32. The molecule has 148 valence electrons. The second kappa shape index (κ2) is 9.99. The van der Waals surface area contributed by atoms with Crippen LogP contribution in [0.1, 0.15) is 23.2 Å². The van der Waals surface area contributed by atoms with E-state index in [1.165, 1.54) is 30.0 Å². The maximum absolute atomic E-state index is 12.9. The molecule has 2 aromatic rings. The van der Waals surface area contributed by atoms with Crippen molar-refractivity contribution in [1.29, 1.82) is 0 Å². The van der Waals surface area contributed by atoms with E-state index in [9.17, 15) is 14.0 Å². The quantitative estimate of drug-likeness (QED) is 0.712. The molecule has 0 aromatic heterocycles. The smallest absolute Gasteiger partial charge is 0.220 e. The second-order valence-corrected chi connectivity index (χ2v) is 6.94. The molecule has 0 unspecified atom stereocenters. The molecule has 1 N–H and O–H groups in total. The average Bonchev–Trinajstić information content (AvgIpc) is 2.74. The van der Waals surface area contributed by atoms with E-state index in [0.29, 0.717) is 12.1 Å². The Kier molecular flexibility index (Phi) is 7.14. The molecule has 1 fully saturated rings. The molecule has 2 aromatic carbocycles. The minimum Gasteiger partial charge on any atom is -0.369 e. The fraction of sp³-hybridized carbons (Fsp3) is 0.364. The normalized spacial score (nSPS) is 14.7. The van der Waals surface area contributed by atoms with Crippen LogP contribution >= 0.6 is 0 Å². The fourth-order valence-corrected chi connectivity index (χ4v) is 3.32. The van der Waals surface area contributed by atoms with Gasteiger partial charge in [0.1, 0.15) is 5.82 Å². The largest absolute Gasteiger partial charge is 0.369 e. The van der Waals surface area contributed by atoms with E-state index in [4.69, 9.17) is 0 Å². The summed E-state index contributed by atoms with van der Waals surface area (Å²) >= 11 is 0. The highest BCUT2D eigenvalue weighted by Gasteiger charge is 2.17. The molecule has 0 bridgehead atoms. The Labute approximate surface area is 165 Å². The number of nitrogens with one attached hydrogen (secondary N) is 1. The number of anilines is 1. The predicted molar refractivity (Wildman–Crippen MR) is 108 cm³/mol. The molecular formula is C22H26FN3O2. The summed E-state index contributed by atoms with van der Waals surface area (Å²) in [4.78, 5) is 28.7. The van der Waals surface area contributed by atoms with Crippen molar-refractivity contribution in [2.45, 2.75) is 12.8 Å². The van der Waals surface area contributed by atoms with Crippen molar-refractivity contribution >= 4 is 17.4 Å². The van der Waals surface area contributed by atoms with Gasteiger partial charge in [-0.25, -0.2) is 4.39 Å². The summed E-state index contributed by atoms with van der Waals surface area (Å²) in [7, 11) is 0. The summed E-state index contributed by atoms with van der Waals surface area (Å²) in [5.74, 6) is -0.649. The molecule has 3 rings (SSSR count). The number of hydrogen-bond acceptors (Lipinski definition) is 4. The van der Waals surface area contributed by atoms with Crippen LogP contribution in [0.4, 0.5) is 10.1 Å². The molecule has 1 aliphatic rings. The van der Waals surface area contributed by atoms with Gasteiger partial charge in [-0.2, -0.15) is 0 Å². The van der Waals surface area contributed by atoms with Crippen molar-refractivity contribution in [3.8, 4) is 0 Å². The minimum atomic E-state index is -0.376. The summed E-state index contributed by atoms with van der Waals surface area (Å²) < 4.78 is 12.9. The number of piperazine rings is 1. The third-order valence-corrected chi connectivity index (χ3v) is 4.99. The molecule has 0 spiro atoms. The molecule has 0 aliphatic carbocycles.